The maximum absolute atomic E-state index is 12.9. The largest absolute Gasteiger partial charge is 0.465 e. The number of piperazine rings is 1. The first-order valence-electron chi connectivity index (χ1n) is 9.22. The number of methoxy groups -OCH3 is 1. The molecule has 0 amide bonds. The van der Waals surface area contributed by atoms with Crippen LogP contribution in [0, 0.1) is 13.8 Å². The van der Waals surface area contributed by atoms with Gasteiger partial charge in [-0.2, -0.15) is 0 Å². The van der Waals surface area contributed by atoms with E-state index in [4.69, 9.17) is 4.74 Å². The summed E-state index contributed by atoms with van der Waals surface area (Å²) >= 11 is 0. The highest BCUT2D eigenvalue weighted by Gasteiger charge is 2.21. The zero-order chi connectivity index (χ0) is 19.6. The molecule has 6 heteroatoms. The molecular formula is C21H27N3O3. The quantitative estimate of drug-likeness (QED) is 0.598. The number of carbonyl (C=O) groups is 2. The van der Waals surface area contributed by atoms with Gasteiger partial charge >= 0.3 is 5.97 Å². The molecule has 3 rings (SSSR count). The molecule has 0 saturated carbocycles. The van der Waals surface area contributed by atoms with Crippen LogP contribution < -0.4 is 0 Å². The summed E-state index contributed by atoms with van der Waals surface area (Å²) in [5.74, 6) is -0.198. The van der Waals surface area contributed by atoms with Gasteiger partial charge in [-0.3, -0.25) is 9.69 Å². The molecule has 0 atom stereocenters. The number of ether oxygens (including phenoxy) is 1. The molecule has 0 aliphatic carbocycles. The number of likely N-dealkylation sites (N-methyl/N-ethyl adjacent to an activating group) is 1. The molecule has 0 N–H and O–H groups in total. The normalized spacial score (nSPS) is 15.7. The number of hydrogen-bond donors (Lipinski definition) is 0. The number of hydrogen-bond acceptors (Lipinski definition) is 5. The predicted molar refractivity (Wildman–Crippen MR) is 105 cm³/mol. The Labute approximate surface area is 160 Å². The first-order valence-corrected chi connectivity index (χ1v) is 9.22. The molecule has 1 aromatic carbocycles. The first kappa shape index (κ1) is 19.3. The van der Waals surface area contributed by atoms with E-state index in [1.54, 1.807) is 12.1 Å². The van der Waals surface area contributed by atoms with Gasteiger partial charge in [-0.05, 0) is 51.2 Å². The number of Topliss-reactive ketones (excluding diaryl/α,β-unsaturated/α-hetero) is 1. The van der Waals surface area contributed by atoms with Crippen molar-refractivity contribution >= 4 is 11.8 Å². The second kappa shape index (κ2) is 8.06. The smallest absolute Gasteiger partial charge is 0.337 e. The Morgan fingerprint density at radius 2 is 1.67 bits per heavy atom. The summed E-state index contributed by atoms with van der Waals surface area (Å²) in [6.07, 6.45) is 0. The Morgan fingerprint density at radius 1 is 1.04 bits per heavy atom. The van der Waals surface area contributed by atoms with Crippen molar-refractivity contribution in [3.05, 3.63) is 52.8 Å². The summed E-state index contributed by atoms with van der Waals surface area (Å²) in [5.41, 5.74) is 4.13. The summed E-state index contributed by atoms with van der Waals surface area (Å²) < 4.78 is 6.80. The van der Waals surface area contributed by atoms with E-state index in [9.17, 15) is 9.59 Å². The van der Waals surface area contributed by atoms with Gasteiger partial charge in [0.1, 0.15) is 0 Å². The molecule has 1 aliphatic heterocycles. The van der Waals surface area contributed by atoms with Crippen LogP contribution in [0.3, 0.4) is 0 Å². The summed E-state index contributed by atoms with van der Waals surface area (Å²) in [5, 5.41) is 0. The van der Waals surface area contributed by atoms with Crippen LogP contribution >= 0.6 is 0 Å². The first-order chi connectivity index (χ1) is 12.9. The van der Waals surface area contributed by atoms with E-state index in [0.29, 0.717) is 12.1 Å². The van der Waals surface area contributed by atoms with Gasteiger partial charge < -0.3 is 14.2 Å². The van der Waals surface area contributed by atoms with Crippen molar-refractivity contribution in [2.24, 2.45) is 0 Å². The van der Waals surface area contributed by atoms with E-state index in [2.05, 4.69) is 21.4 Å². The van der Waals surface area contributed by atoms with E-state index in [-0.39, 0.29) is 11.8 Å². The molecule has 0 bridgehead atoms. The van der Waals surface area contributed by atoms with E-state index in [1.807, 2.05) is 32.0 Å². The fraction of sp³-hybridized carbons (Fsp3) is 0.429. The minimum absolute atomic E-state index is 0.157. The lowest BCUT2D eigenvalue weighted by molar-refractivity contribution is 0.0600. The third-order valence-electron chi connectivity index (χ3n) is 5.24. The number of carbonyl (C=O) groups excluding carboxylic acids is 2. The molecular weight excluding hydrogens is 342 g/mol. The van der Waals surface area contributed by atoms with Crippen LogP contribution in [0.1, 0.15) is 32.1 Å². The van der Waals surface area contributed by atoms with Gasteiger partial charge in [-0.15, -0.1) is 0 Å². The molecule has 1 aliphatic rings. The lowest BCUT2D eigenvalue weighted by Gasteiger charge is -2.31. The SMILES string of the molecule is COC(=O)c1ccc(-n2c(C)cc(C(=O)CN3CCN(C)CC3)c2C)cc1. The van der Waals surface area contributed by atoms with E-state index in [1.165, 1.54) is 7.11 Å². The zero-order valence-electron chi connectivity index (χ0n) is 16.5. The van der Waals surface area contributed by atoms with Crippen LogP contribution in [0.15, 0.2) is 30.3 Å². The molecule has 6 nitrogen and oxygen atoms in total. The van der Waals surface area contributed by atoms with Crippen LogP contribution in [0.25, 0.3) is 5.69 Å². The third kappa shape index (κ3) is 4.12. The van der Waals surface area contributed by atoms with E-state index in [0.717, 1.165) is 48.8 Å². The van der Waals surface area contributed by atoms with Crippen molar-refractivity contribution in [2.45, 2.75) is 13.8 Å². The lowest BCUT2D eigenvalue weighted by Crippen LogP contribution is -2.46. The average Bonchev–Trinajstić information content (AvgIpc) is 2.97. The van der Waals surface area contributed by atoms with E-state index < -0.39 is 0 Å². The molecule has 1 saturated heterocycles. The maximum Gasteiger partial charge on any atom is 0.337 e. The van der Waals surface area contributed by atoms with E-state index >= 15 is 0 Å². The summed E-state index contributed by atoms with van der Waals surface area (Å²) in [6.45, 7) is 8.27. The van der Waals surface area contributed by atoms with Gasteiger partial charge in [0.05, 0.1) is 19.2 Å². The van der Waals surface area contributed by atoms with Crippen LogP contribution in [0.4, 0.5) is 0 Å². The molecule has 0 spiro atoms. The van der Waals surface area contributed by atoms with Crippen LogP contribution in [0.5, 0.6) is 0 Å². The number of esters is 1. The molecule has 1 aromatic heterocycles. The molecule has 0 unspecified atom stereocenters. The molecule has 144 valence electrons. The minimum Gasteiger partial charge on any atom is -0.465 e. The molecule has 2 aromatic rings. The molecule has 2 heterocycles. The summed E-state index contributed by atoms with van der Waals surface area (Å²) in [4.78, 5) is 29.0. The van der Waals surface area contributed by atoms with Gasteiger partial charge in [0, 0.05) is 48.8 Å². The Bertz CT molecular complexity index is 831. The van der Waals surface area contributed by atoms with Gasteiger partial charge in [0.15, 0.2) is 5.78 Å². The number of rotatable bonds is 5. The minimum atomic E-state index is -0.356. The highest BCUT2D eigenvalue weighted by Crippen LogP contribution is 2.22. The number of ketones is 1. The highest BCUT2D eigenvalue weighted by molar-refractivity contribution is 5.99. The van der Waals surface area contributed by atoms with Gasteiger partial charge in [-0.25, -0.2) is 4.79 Å². The average molecular weight is 369 g/mol. The van der Waals surface area contributed by atoms with Crippen LogP contribution in [0.2, 0.25) is 0 Å². The summed E-state index contributed by atoms with van der Waals surface area (Å²) in [6, 6.07) is 9.20. The summed E-state index contributed by atoms with van der Waals surface area (Å²) in [7, 11) is 3.48. The Kier molecular flexibility index (Phi) is 5.77. The molecule has 1 fully saturated rings. The van der Waals surface area contributed by atoms with Crippen molar-refractivity contribution < 1.29 is 14.3 Å². The number of aryl methyl sites for hydroxylation is 1. The standard InChI is InChI=1S/C21H27N3O3/c1-15-13-19(20(25)14-23-11-9-22(3)10-12-23)16(2)24(15)18-7-5-17(6-8-18)21(26)27-4/h5-8,13H,9-12,14H2,1-4H3. The lowest BCUT2D eigenvalue weighted by atomic mass is 10.1. The van der Waals surface area contributed by atoms with Crippen molar-refractivity contribution in [1.29, 1.82) is 0 Å². The van der Waals surface area contributed by atoms with Gasteiger partial charge in [0.25, 0.3) is 0 Å². The van der Waals surface area contributed by atoms with Gasteiger partial charge in [-0.1, -0.05) is 0 Å². The van der Waals surface area contributed by atoms with Crippen LogP contribution in [-0.4, -0.2) is 73.0 Å². The topological polar surface area (TPSA) is 54.8 Å². The second-order valence-electron chi connectivity index (χ2n) is 7.16. The zero-order valence-corrected chi connectivity index (χ0v) is 16.5. The maximum atomic E-state index is 12.9. The number of benzene rings is 1. The van der Waals surface area contributed by atoms with Crippen molar-refractivity contribution in [3.63, 3.8) is 0 Å². The number of aromatic nitrogens is 1. The Balaban J connectivity index is 1.80. The van der Waals surface area contributed by atoms with Crippen molar-refractivity contribution in [1.82, 2.24) is 14.4 Å². The third-order valence-corrected chi connectivity index (χ3v) is 5.24. The predicted octanol–water partition coefficient (Wildman–Crippen LogP) is 2.31. The van der Waals surface area contributed by atoms with Crippen molar-refractivity contribution in [3.8, 4) is 5.69 Å². The van der Waals surface area contributed by atoms with Gasteiger partial charge in [0.2, 0.25) is 0 Å². The molecule has 27 heavy (non-hydrogen) atoms. The van der Waals surface area contributed by atoms with Crippen LogP contribution in [-0.2, 0) is 4.74 Å². The Morgan fingerprint density at radius 3 is 2.26 bits per heavy atom. The highest BCUT2D eigenvalue weighted by atomic mass is 16.5. The fourth-order valence-electron chi connectivity index (χ4n) is 3.60. The fourth-order valence-corrected chi connectivity index (χ4v) is 3.60. The van der Waals surface area contributed by atoms with Crippen molar-refractivity contribution in [2.75, 3.05) is 46.9 Å². The number of nitrogens with zero attached hydrogens (tertiary/aromatic N) is 3. The second-order valence-corrected chi connectivity index (χ2v) is 7.16. The Hall–Kier alpha value is -2.44. The monoisotopic (exact) mass is 369 g/mol. The molecule has 0 radical (unpaired) electrons.